The standard InChI is InChI=1S/C13H13F3N4O3/c1-3-20(12(22)23)18-10-11(21)19(2)9-5-4-7(13(14,15)16)6-8(9)17-10/h4-6H,3H2,1-2H3,(H,17,18)(H,22,23). The van der Waals surface area contributed by atoms with Crippen LogP contribution in [-0.4, -0.2) is 32.3 Å². The van der Waals surface area contributed by atoms with Gasteiger partial charge in [-0.05, 0) is 25.1 Å². The van der Waals surface area contributed by atoms with Crippen molar-refractivity contribution in [1.82, 2.24) is 14.6 Å². The topological polar surface area (TPSA) is 87.5 Å². The Morgan fingerprint density at radius 1 is 1.43 bits per heavy atom. The highest BCUT2D eigenvalue weighted by Gasteiger charge is 2.31. The molecule has 0 aliphatic rings. The lowest BCUT2D eigenvalue weighted by atomic mass is 10.2. The number of anilines is 1. The Kier molecular flexibility index (Phi) is 4.17. The Balaban J connectivity index is 2.60. The van der Waals surface area contributed by atoms with E-state index in [4.69, 9.17) is 5.11 Å². The van der Waals surface area contributed by atoms with Gasteiger partial charge in [0.2, 0.25) is 5.82 Å². The van der Waals surface area contributed by atoms with E-state index >= 15 is 0 Å². The lowest BCUT2D eigenvalue weighted by molar-refractivity contribution is -0.137. The number of hydrogen-bond acceptors (Lipinski definition) is 4. The second-order valence-electron chi connectivity index (χ2n) is 4.66. The zero-order valence-corrected chi connectivity index (χ0v) is 12.2. The third-order valence-electron chi connectivity index (χ3n) is 3.19. The van der Waals surface area contributed by atoms with E-state index in [9.17, 15) is 22.8 Å². The van der Waals surface area contributed by atoms with Crippen LogP contribution in [0.25, 0.3) is 11.0 Å². The molecule has 10 heteroatoms. The third kappa shape index (κ3) is 3.20. The molecule has 0 spiro atoms. The number of nitrogens with one attached hydrogen (secondary N) is 1. The molecule has 0 aliphatic heterocycles. The molecule has 1 aromatic heterocycles. The summed E-state index contributed by atoms with van der Waals surface area (Å²) in [6.07, 6.45) is -5.89. The van der Waals surface area contributed by atoms with Crippen LogP contribution >= 0.6 is 0 Å². The van der Waals surface area contributed by atoms with Crippen LogP contribution in [0, 0.1) is 0 Å². The summed E-state index contributed by atoms with van der Waals surface area (Å²) in [5, 5.41) is 9.63. The summed E-state index contributed by atoms with van der Waals surface area (Å²) >= 11 is 0. The van der Waals surface area contributed by atoms with Gasteiger partial charge in [0.15, 0.2) is 0 Å². The van der Waals surface area contributed by atoms with E-state index < -0.39 is 23.4 Å². The number of aromatic nitrogens is 2. The zero-order chi connectivity index (χ0) is 17.4. The van der Waals surface area contributed by atoms with Gasteiger partial charge in [-0.1, -0.05) is 0 Å². The Hall–Kier alpha value is -2.78. The number of rotatable bonds is 3. The number of aryl methyl sites for hydroxylation is 1. The predicted octanol–water partition coefficient (Wildman–Crippen LogP) is 2.28. The van der Waals surface area contributed by atoms with E-state index in [2.05, 4.69) is 10.4 Å². The van der Waals surface area contributed by atoms with Crippen LogP contribution in [-0.2, 0) is 13.2 Å². The lowest BCUT2D eigenvalue weighted by Gasteiger charge is -2.19. The van der Waals surface area contributed by atoms with Crippen molar-refractivity contribution in [2.45, 2.75) is 13.1 Å². The Bertz CT molecular complexity index is 816. The number of hydrogen-bond donors (Lipinski definition) is 2. The number of fused-ring (bicyclic) bond motifs is 1. The van der Waals surface area contributed by atoms with Gasteiger partial charge in [0.05, 0.1) is 16.6 Å². The molecule has 7 nitrogen and oxygen atoms in total. The number of carboxylic acid groups (broad SMARTS) is 1. The van der Waals surface area contributed by atoms with Gasteiger partial charge < -0.3 is 9.67 Å². The highest BCUT2D eigenvalue weighted by molar-refractivity contribution is 5.77. The van der Waals surface area contributed by atoms with E-state index in [0.717, 1.165) is 22.8 Å². The quantitative estimate of drug-likeness (QED) is 0.843. The van der Waals surface area contributed by atoms with Crippen LogP contribution < -0.4 is 11.0 Å². The van der Waals surface area contributed by atoms with E-state index in [0.29, 0.717) is 5.01 Å². The number of benzene rings is 1. The largest absolute Gasteiger partial charge is 0.464 e. The minimum atomic E-state index is -4.55. The van der Waals surface area contributed by atoms with Crippen molar-refractivity contribution < 1.29 is 23.1 Å². The van der Waals surface area contributed by atoms with Crippen molar-refractivity contribution >= 4 is 22.9 Å². The number of amides is 1. The van der Waals surface area contributed by atoms with Crippen LogP contribution in [0.3, 0.4) is 0 Å². The first-order valence-electron chi connectivity index (χ1n) is 6.50. The summed E-state index contributed by atoms with van der Waals surface area (Å²) in [6, 6.07) is 2.80. The molecule has 23 heavy (non-hydrogen) atoms. The molecule has 1 heterocycles. The van der Waals surface area contributed by atoms with Crippen LogP contribution in [0.15, 0.2) is 23.0 Å². The maximum absolute atomic E-state index is 12.8. The van der Waals surface area contributed by atoms with Gasteiger partial charge in [0.1, 0.15) is 0 Å². The van der Waals surface area contributed by atoms with Crippen LogP contribution in [0.1, 0.15) is 12.5 Å². The molecule has 1 aromatic carbocycles. The van der Waals surface area contributed by atoms with Crippen molar-refractivity contribution in [3.63, 3.8) is 0 Å². The third-order valence-corrected chi connectivity index (χ3v) is 3.19. The molecule has 0 saturated carbocycles. The van der Waals surface area contributed by atoms with Gasteiger partial charge in [-0.25, -0.2) is 14.8 Å². The number of hydrazine groups is 1. The molecule has 0 radical (unpaired) electrons. The van der Waals surface area contributed by atoms with Gasteiger partial charge >= 0.3 is 12.3 Å². The average molecular weight is 330 g/mol. The minimum absolute atomic E-state index is 0.0147. The van der Waals surface area contributed by atoms with Gasteiger partial charge in [-0.15, -0.1) is 0 Å². The summed E-state index contributed by atoms with van der Waals surface area (Å²) in [5.74, 6) is -0.372. The normalized spacial score (nSPS) is 11.5. The highest BCUT2D eigenvalue weighted by atomic mass is 19.4. The van der Waals surface area contributed by atoms with Gasteiger partial charge in [-0.2, -0.15) is 13.2 Å². The Morgan fingerprint density at radius 3 is 2.61 bits per heavy atom. The fraction of sp³-hybridized carbons (Fsp3) is 0.308. The van der Waals surface area contributed by atoms with Crippen molar-refractivity contribution in [2.24, 2.45) is 7.05 Å². The average Bonchev–Trinajstić information content (AvgIpc) is 2.47. The maximum atomic E-state index is 12.8. The molecule has 2 rings (SSSR count). The van der Waals surface area contributed by atoms with Crippen molar-refractivity contribution in [3.8, 4) is 0 Å². The van der Waals surface area contributed by atoms with E-state index in [-0.39, 0.29) is 23.4 Å². The predicted molar refractivity (Wildman–Crippen MR) is 76.0 cm³/mol. The molecule has 0 unspecified atom stereocenters. The highest BCUT2D eigenvalue weighted by Crippen LogP contribution is 2.30. The fourth-order valence-electron chi connectivity index (χ4n) is 1.97. The first-order chi connectivity index (χ1) is 10.6. The summed E-state index contributed by atoms with van der Waals surface area (Å²) in [4.78, 5) is 26.9. The van der Waals surface area contributed by atoms with Crippen molar-refractivity contribution in [1.29, 1.82) is 0 Å². The Labute approximate surface area is 127 Å². The second kappa shape index (κ2) is 5.78. The van der Waals surface area contributed by atoms with Crippen LogP contribution in [0.2, 0.25) is 0 Å². The van der Waals surface area contributed by atoms with Crippen molar-refractivity contribution in [3.05, 3.63) is 34.1 Å². The lowest BCUT2D eigenvalue weighted by Crippen LogP contribution is -2.38. The molecular formula is C13H13F3N4O3. The molecule has 2 N–H and O–H groups in total. The molecule has 0 aliphatic carbocycles. The minimum Gasteiger partial charge on any atom is -0.464 e. The maximum Gasteiger partial charge on any atom is 0.426 e. The number of alkyl halides is 3. The van der Waals surface area contributed by atoms with Crippen LogP contribution in [0.4, 0.5) is 23.8 Å². The molecule has 124 valence electrons. The van der Waals surface area contributed by atoms with Crippen molar-refractivity contribution in [2.75, 3.05) is 12.0 Å². The smallest absolute Gasteiger partial charge is 0.426 e. The fourth-order valence-corrected chi connectivity index (χ4v) is 1.97. The molecule has 0 atom stereocenters. The molecule has 1 amide bonds. The molecule has 0 bridgehead atoms. The monoisotopic (exact) mass is 330 g/mol. The summed E-state index contributed by atoms with van der Waals surface area (Å²) < 4.78 is 39.4. The number of carbonyl (C=O) groups is 1. The van der Waals surface area contributed by atoms with Crippen LogP contribution in [0.5, 0.6) is 0 Å². The molecule has 0 saturated heterocycles. The number of nitrogens with zero attached hydrogens (tertiary/aromatic N) is 3. The first kappa shape index (κ1) is 16.6. The summed E-state index contributed by atoms with van der Waals surface area (Å²) in [5.41, 5.74) is 0.853. The second-order valence-corrected chi connectivity index (χ2v) is 4.66. The van der Waals surface area contributed by atoms with Gasteiger partial charge in [0, 0.05) is 13.6 Å². The summed E-state index contributed by atoms with van der Waals surface area (Å²) in [6.45, 7) is 1.54. The van der Waals surface area contributed by atoms with Gasteiger partial charge in [-0.3, -0.25) is 10.2 Å². The SMILES string of the molecule is CCN(Nc1nc2cc(C(F)(F)F)ccc2n(C)c1=O)C(=O)O. The zero-order valence-electron chi connectivity index (χ0n) is 12.2. The van der Waals surface area contributed by atoms with E-state index in [1.54, 1.807) is 0 Å². The van der Waals surface area contributed by atoms with E-state index in [1.165, 1.54) is 14.0 Å². The molecule has 0 fully saturated rings. The molecule has 2 aromatic rings. The molecular weight excluding hydrogens is 317 g/mol. The first-order valence-corrected chi connectivity index (χ1v) is 6.50. The van der Waals surface area contributed by atoms with Gasteiger partial charge in [0.25, 0.3) is 5.56 Å². The Morgan fingerprint density at radius 2 is 2.09 bits per heavy atom. The van der Waals surface area contributed by atoms with E-state index in [1.807, 2.05) is 0 Å². The summed E-state index contributed by atoms with van der Waals surface area (Å²) in [7, 11) is 1.36. The number of halogens is 3.